The van der Waals surface area contributed by atoms with E-state index in [1.165, 1.54) is 0 Å². The Morgan fingerprint density at radius 1 is 1.50 bits per heavy atom. The van der Waals surface area contributed by atoms with Crippen LogP contribution in [0.4, 0.5) is 0 Å². The van der Waals surface area contributed by atoms with Crippen molar-refractivity contribution in [1.29, 1.82) is 0 Å². The Morgan fingerprint density at radius 2 is 2.07 bits per heavy atom. The number of nitrogens with zero attached hydrogens (tertiary/aromatic N) is 1. The molecule has 2 N–H and O–H groups in total. The third-order valence-electron chi connectivity index (χ3n) is 3.56. The first kappa shape index (κ1) is 10.4. The fourth-order valence-electron chi connectivity index (χ4n) is 2.22. The Morgan fingerprint density at radius 3 is 2.43 bits per heavy atom. The zero-order valence-corrected chi connectivity index (χ0v) is 9.55. The molecule has 0 aromatic rings. The van der Waals surface area contributed by atoms with Gasteiger partial charge >= 0.3 is 0 Å². The maximum atomic E-state index is 11.8. The molecular formula is C9H18N2O2S. The molecule has 0 aromatic carbocycles. The van der Waals surface area contributed by atoms with Gasteiger partial charge in [-0.05, 0) is 26.7 Å². The molecule has 1 heterocycles. The molecule has 0 amide bonds. The number of rotatable bonds is 2. The van der Waals surface area contributed by atoms with Crippen LogP contribution in [-0.2, 0) is 10.0 Å². The van der Waals surface area contributed by atoms with Crippen LogP contribution in [0.25, 0.3) is 0 Å². The lowest BCUT2D eigenvalue weighted by atomic mass is 10.1. The lowest BCUT2D eigenvalue weighted by molar-refractivity contribution is 0.440. The smallest absolute Gasteiger partial charge is 0.216 e. The molecule has 2 unspecified atom stereocenters. The zero-order valence-electron chi connectivity index (χ0n) is 8.73. The van der Waals surface area contributed by atoms with Crippen molar-refractivity contribution in [2.24, 2.45) is 11.1 Å². The van der Waals surface area contributed by atoms with Crippen molar-refractivity contribution in [1.82, 2.24) is 4.31 Å². The number of nitrogens with two attached hydrogens (primary N) is 1. The highest BCUT2D eigenvalue weighted by Crippen LogP contribution is 2.52. The monoisotopic (exact) mass is 218 g/mol. The minimum atomic E-state index is -3.05. The van der Waals surface area contributed by atoms with Crippen molar-refractivity contribution in [3.8, 4) is 0 Å². The Labute approximate surface area is 85.5 Å². The molecule has 0 radical (unpaired) electrons. The van der Waals surface area contributed by atoms with E-state index < -0.39 is 10.0 Å². The Balaban J connectivity index is 2.10. The maximum Gasteiger partial charge on any atom is 0.216 e. The van der Waals surface area contributed by atoms with Crippen LogP contribution in [-0.4, -0.2) is 37.1 Å². The van der Waals surface area contributed by atoms with Gasteiger partial charge in [0.15, 0.2) is 0 Å². The van der Waals surface area contributed by atoms with Crippen LogP contribution in [0.2, 0.25) is 0 Å². The highest BCUT2D eigenvalue weighted by atomic mass is 32.2. The highest BCUT2D eigenvalue weighted by molar-refractivity contribution is 7.89. The molecule has 1 saturated heterocycles. The van der Waals surface area contributed by atoms with Gasteiger partial charge in [-0.3, -0.25) is 0 Å². The summed E-state index contributed by atoms with van der Waals surface area (Å²) < 4.78 is 25.3. The zero-order chi connectivity index (χ0) is 10.6. The molecule has 2 atom stereocenters. The fourth-order valence-corrected chi connectivity index (χ4v) is 3.60. The Bertz CT molecular complexity index is 339. The molecule has 4 nitrogen and oxygen atoms in total. The molecule has 1 aliphatic carbocycles. The summed E-state index contributed by atoms with van der Waals surface area (Å²) >= 11 is 0. The number of hydrogen-bond acceptors (Lipinski definition) is 3. The van der Waals surface area contributed by atoms with Gasteiger partial charge < -0.3 is 5.73 Å². The van der Waals surface area contributed by atoms with E-state index in [1.807, 2.05) is 0 Å². The summed E-state index contributed by atoms with van der Waals surface area (Å²) in [6.07, 6.45) is 1.94. The minimum Gasteiger partial charge on any atom is -0.327 e. The van der Waals surface area contributed by atoms with Crippen molar-refractivity contribution in [2.75, 3.05) is 13.1 Å². The largest absolute Gasteiger partial charge is 0.327 e. The molecule has 14 heavy (non-hydrogen) atoms. The van der Waals surface area contributed by atoms with Crippen molar-refractivity contribution in [3.63, 3.8) is 0 Å². The second-order valence-corrected chi connectivity index (χ2v) is 7.34. The maximum absolute atomic E-state index is 11.8. The van der Waals surface area contributed by atoms with Gasteiger partial charge in [-0.15, -0.1) is 0 Å². The summed E-state index contributed by atoms with van der Waals surface area (Å²) in [5.41, 5.74) is 5.96. The van der Waals surface area contributed by atoms with E-state index in [9.17, 15) is 8.42 Å². The van der Waals surface area contributed by atoms with Crippen molar-refractivity contribution >= 4 is 10.0 Å². The van der Waals surface area contributed by atoms with Crippen LogP contribution in [0.1, 0.15) is 26.7 Å². The topological polar surface area (TPSA) is 63.4 Å². The first-order valence-electron chi connectivity index (χ1n) is 5.13. The van der Waals surface area contributed by atoms with Gasteiger partial charge in [0, 0.05) is 24.5 Å². The summed E-state index contributed by atoms with van der Waals surface area (Å²) in [6.45, 7) is 4.77. The van der Waals surface area contributed by atoms with Gasteiger partial charge in [0.25, 0.3) is 0 Å². The molecular weight excluding hydrogens is 200 g/mol. The van der Waals surface area contributed by atoms with E-state index in [0.29, 0.717) is 13.1 Å². The molecule has 1 saturated carbocycles. The Hall–Kier alpha value is -0.130. The first-order valence-corrected chi connectivity index (χ1v) is 6.63. The predicted molar refractivity (Wildman–Crippen MR) is 55.3 cm³/mol. The van der Waals surface area contributed by atoms with Crippen LogP contribution in [0, 0.1) is 5.41 Å². The normalized spacial score (nSPS) is 38.4. The van der Waals surface area contributed by atoms with Crippen molar-refractivity contribution in [3.05, 3.63) is 0 Å². The van der Waals surface area contributed by atoms with Gasteiger partial charge in [0.2, 0.25) is 10.0 Å². The van der Waals surface area contributed by atoms with Crippen molar-refractivity contribution in [2.45, 2.75) is 38.0 Å². The third kappa shape index (κ3) is 1.38. The van der Waals surface area contributed by atoms with Crippen LogP contribution in [0.3, 0.4) is 0 Å². The summed E-state index contributed by atoms with van der Waals surface area (Å²) in [5.74, 6) is 0. The first-order chi connectivity index (χ1) is 6.38. The summed E-state index contributed by atoms with van der Waals surface area (Å²) in [5, 5.41) is -0.312. The standard InChI is InChI=1S/C9H18N2O2S/c1-7(2)14(12,13)11-4-3-9(6-11)5-8(9)10/h7-8H,3-6,10H2,1-2H3. The van der Waals surface area contributed by atoms with Crippen molar-refractivity contribution < 1.29 is 8.42 Å². The molecule has 2 aliphatic rings. The molecule has 1 aliphatic heterocycles. The molecule has 1 spiro atoms. The van der Waals surface area contributed by atoms with E-state index in [0.717, 1.165) is 12.8 Å². The Kier molecular flexibility index (Phi) is 2.18. The molecule has 0 aromatic heterocycles. The quantitative estimate of drug-likeness (QED) is 0.717. The molecule has 2 fully saturated rings. The average molecular weight is 218 g/mol. The molecule has 82 valence electrons. The second-order valence-electron chi connectivity index (χ2n) is 4.85. The minimum absolute atomic E-state index is 0.141. The van der Waals surface area contributed by atoms with E-state index >= 15 is 0 Å². The lowest BCUT2D eigenvalue weighted by Crippen LogP contribution is -2.35. The van der Waals surface area contributed by atoms with Gasteiger partial charge in [0.05, 0.1) is 5.25 Å². The van der Waals surface area contributed by atoms with Crippen LogP contribution < -0.4 is 5.73 Å². The van der Waals surface area contributed by atoms with E-state index in [2.05, 4.69) is 0 Å². The highest BCUT2D eigenvalue weighted by Gasteiger charge is 2.57. The summed E-state index contributed by atoms with van der Waals surface area (Å²) in [7, 11) is -3.05. The van der Waals surface area contributed by atoms with Gasteiger partial charge in [-0.1, -0.05) is 0 Å². The molecule has 2 rings (SSSR count). The van der Waals surface area contributed by atoms with Crippen LogP contribution in [0.5, 0.6) is 0 Å². The predicted octanol–water partition coefficient (Wildman–Crippen LogP) is 0.148. The van der Waals surface area contributed by atoms with Crippen LogP contribution in [0.15, 0.2) is 0 Å². The summed E-state index contributed by atoms with van der Waals surface area (Å²) in [4.78, 5) is 0. The summed E-state index contributed by atoms with van der Waals surface area (Å²) in [6, 6.07) is 0.231. The average Bonchev–Trinajstić information content (AvgIpc) is 2.55. The second kappa shape index (κ2) is 2.93. The molecule has 0 bridgehead atoms. The van der Waals surface area contributed by atoms with Crippen LogP contribution >= 0.6 is 0 Å². The van der Waals surface area contributed by atoms with Gasteiger partial charge in [-0.2, -0.15) is 0 Å². The van der Waals surface area contributed by atoms with Gasteiger partial charge in [-0.25, -0.2) is 12.7 Å². The third-order valence-corrected chi connectivity index (χ3v) is 5.78. The number of sulfonamides is 1. The molecule has 5 heteroatoms. The fraction of sp³-hybridized carbons (Fsp3) is 1.00. The SMILES string of the molecule is CC(C)S(=O)(=O)N1CCC2(CC2N)C1. The van der Waals surface area contributed by atoms with E-state index in [4.69, 9.17) is 5.73 Å². The van der Waals surface area contributed by atoms with E-state index in [-0.39, 0.29) is 16.7 Å². The van der Waals surface area contributed by atoms with Gasteiger partial charge in [0.1, 0.15) is 0 Å². The lowest BCUT2D eigenvalue weighted by Gasteiger charge is -2.18. The van der Waals surface area contributed by atoms with E-state index in [1.54, 1.807) is 18.2 Å². The number of hydrogen-bond donors (Lipinski definition) is 1.